The van der Waals surface area contributed by atoms with Crippen LogP contribution in [-0.4, -0.2) is 24.1 Å². The molecule has 1 amide bonds. The normalized spacial score (nSPS) is 15.7. The Labute approximate surface area is 85.2 Å². The summed E-state index contributed by atoms with van der Waals surface area (Å²) in [6.07, 6.45) is 0.711. The van der Waals surface area contributed by atoms with Crippen molar-refractivity contribution in [2.24, 2.45) is 0 Å². The molecule has 2 rings (SSSR count). The van der Waals surface area contributed by atoms with Gasteiger partial charge >= 0.3 is 0 Å². The monoisotopic (exact) mass is 213 g/mol. The van der Waals surface area contributed by atoms with Crippen molar-refractivity contribution in [3.05, 3.63) is 35.4 Å². The maximum absolute atomic E-state index is 13.2. The van der Waals surface area contributed by atoms with E-state index in [1.807, 2.05) is 0 Å². The minimum absolute atomic E-state index is 0.295. The minimum atomic E-state index is -0.739. The second-order valence-corrected chi connectivity index (χ2v) is 3.22. The fourth-order valence-corrected chi connectivity index (χ4v) is 1.40. The molecule has 0 aromatic heterocycles. The van der Waals surface area contributed by atoms with Crippen LogP contribution in [0.2, 0.25) is 0 Å². The lowest BCUT2D eigenvalue weighted by atomic mass is 10.2. The number of halogens is 2. The highest BCUT2D eigenvalue weighted by Crippen LogP contribution is 2.15. The standard InChI is InChI=1S/C10H9F2NO2/c11-7-2-3-9(12)8(6-7)10(14)13-4-1-5-15-13/h2-3,6H,1,4-5H2. The van der Waals surface area contributed by atoms with E-state index in [1.165, 1.54) is 0 Å². The summed E-state index contributed by atoms with van der Waals surface area (Å²) in [6, 6.07) is 2.77. The first-order valence-corrected chi connectivity index (χ1v) is 4.58. The highest BCUT2D eigenvalue weighted by Gasteiger charge is 2.23. The molecule has 1 aromatic rings. The summed E-state index contributed by atoms with van der Waals surface area (Å²) < 4.78 is 26.0. The number of nitrogens with zero attached hydrogens (tertiary/aromatic N) is 1. The van der Waals surface area contributed by atoms with Crippen LogP contribution in [0.4, 0.5) is 8.78 Å². The number of carbonyl (C=O) groups is 1. The minimum Gasteiger partial charge on any atom is -0.271 e. The van der Waals surface area contributed by atoms with Crippen molar-refractivity contribution in [3.63, 3.8) is 0 Å². The second-order valence-electron chi connectivity index (χ2n) is 3.22. The van der Waals surface area contributed by atoms with Crippen molar-refractivity contribution in [1.82, 2.24) is 5.06 Å². The van der Waals surface area contributed by atoms with Crippen LogP contribution in [-0.2, 0) is 4.84 Å². The summed E-state index contributed by atoms with van der Waals surface area (Å²) in [4.78, 5) is 16.6. The van der Waals surface area contributed by atoms with E-state index in [2.05, 4.69) is 0 Å². The van der Waals surface area contributed by atoms with Gasteiger partial charge in [-0.25, -0.2) is 13.8 Å². The van der Waals surface area contributed by atoms with Crippen LogP contribution < -0.4 is 0 Å². The fraction of sp³-hybridized carbons (Fsp3) is 0.300. The van der Waals surface area contributed by atoms with E-state index in [1.54, 1.807) is 0 Å². The van der Waals surface area contributed by atoms with Crippen LogP contribution in [0.25, 0.3) is 0 Å². The quantitative estimate of drug-likeness (QED) is 0.711. The highest BCUT2D eigenvalue weighted by atomic mass is 19.1. The summed E-state index contributed by atoms with van der Waals surface area (Å²) in [6.45, 7) is 0.845. The van der Waals surface area contributed by atoms with Gasteiger partial charge in [-0.2, -0.15) is 0 Å². The molecule has 3 nitrogen and oxygen atoms in total. The summed E-state index contributed by atoms with van der Waals surface area (Å²) in [5.41, 5.74) is -0.295. The number of hydrogen-bond acceptors (Lipinski definition) is 2. The molecule has 1 aliphatic rings. The predicted molar refractivity (Wildman–Crippen MR) is 48.0 cm³/mol. The van der Waals surface area contributed by atoms with Gasteiger partial charge in [0.15, 0.2) is 0 Å². The molecule has 15 heavy (non-hydrogen) atoms. The van der Waals surface area contributed by atoms with E-state index in [9.17, 15) is 13.6 Å². The molecule has 0 radical (unpaired) electrons. The first kappa shape index (κ1) is 10.0. The zero-order valence-corrected chi connectivity index (χ0v) is 7.87. The molecule has 0 bridgehead atoms. The second kappa shape index (κ2) is 3.94. The molecule has 0 unspecified atom stereocenters. The van der Waals surface area contributed by atoms with Crippen LogP contribution in [0.15, 0.2) is 18.2 Å². The molecule has 1 aliphatic heterocycles. The Hall–Kier alpha value is -1.49. The number of hydrogen-bond donors (Lipinski definition) is 0. The van der Waals surface area contributed by atoms with E-state index in [-0.39, 0.29) is 5.56 Å². The van der Waals surface area contributed by atoms with Gasteiger partial charge in [-0.1, -0.05) is 0 Å². The average Bonchev–Trinajstić information content (AvgIpc) is 2.74. The molecule has 0 atom stereocenters. The number of rotatable bonds is 1. The molecule has 0 aliphatic carbocycles. The average molecular weight is 213 g/mol. The Morgan fingerprint density at radius 2 is 2.20 bits per heavy atom. The summed E-state index contributed by atoms with van der Waals surface area (Å²) in [5.74, 6) is -2.01. The lowest BCUT2D eigenvalue weighted by Crippen LogP contribution is -2.27. The van der Waals surface area contributed by atoms with Crippen molar-refractivity contribution < 1.29 is 18.4 Å². The Balaban J connectivity index is 2.27. The Bertz CT molecular complexity index is 389. The maximum atomic E-state index is 13.2. The van der Waals surface area contributed by atoms with Crippen LogP contribution in [0.3, 0.4) is 0 Å². The molecule has 1 fully saturated rings. The van der Waals surface area contributed by atoms with Gasteiger partial charge in [0.1, 0.15) is 11.6 Å². The van der Waals surface area contributed by atoms with Crippen LogP contribution in [0, 0.1) is 11.6 Å². The molecule has 1 heterocycles. The van der Waals surface area contributed by atoms with E-state index >= 15 is 0 Å². The smallest absolute Gasteiger partial charge is 0.271 e. The van der Waals surface area contributed by atoms with E-state index in [4.69, 9.17) is 4.84 Å². The van der Waals surface area contributed by atoms with E-state index < -0.39 is 17.5 Å². The Morgan fingerprint density at radius 1 is 1.40 bits per heavy atom. The van der Waals surface area contributed by atoms with E-state index in [0.29, 0.717) is 19.6 Å². The zero-order chi connectivity index (χ0) is 10.8. The maximum Gasteiger partial charge on any atom is 0.280 e. The molecular formula is C10H9F2NO2. The Kier molecular flexibility index (Phi) is 2.64. The third-order valence-corrected chi connectivity index (χ3v) is 2.14. The molecular weight excluding hydrogens is 204 g/mol. The van der Waals surface area contributed by atoms with Crippen molar-refractivity contribution in [2.75, 3.05) is 13.2 Å². The van der Waals surface area contributed by atoms with Crippen molar-refractivity contribution >= 4 is 5.91 Å². The molecule has 0 spiro atoms. The van der Waals surface area contributed by atoms with Gasteiger partial charge in [0.05, 0.1) is 18.7 Å². The van der Waals surface area contributed by atoms with Gasteiger partial charge in [-0.3, -0.25) is 9.63 Å². The molecule has 5 heteroatoms. The molecule has 1 aromatic carbocycles. The molecule has 0 N–H and O–H groups in total. The summed E-state index contributed by atoms with van der Waals surface area (Å²) in [5, 5.41) is 1.05. The highest BCUT2D eigenvalue weighted by molar-refractivity contribution is 5.93. The van der Waals surface area contributed by atoms with Gasteiger partial charge in [-0.15, -0.1) is 0 Å². The number of amides is 1. The molecule has 1 saturated heterocycles. The van der Waals surface area contributed by atoms with E-state index in [0.717, 1.165) is 23.3 Å². The van der Waals surface area contributed by atoms with Gasteiger partial charge in [0, 0.05) is 0 Å². The first-order valence-electron chi connectivity index (χ1n) is 4.58. The zero-order valence-electron chi connectivity index (χ0n) is 7.87. The van der Waals surface area contributed by atoms with Gasteiger partial charge in [0.2, 0.25) is 0 Å². The molecule has 80 valence electrons. The largest absolute Gasteiger partial charge is 0.280 e. The number of benzene rings is 1. The van der Waals surface area contributed by atoms with Crippen LogP contribution in [0.5, 0.6) is 0 Å². The third kappa shape index (κ3) is 1.97. The third-order valence-electron chi connectivity index (χ3n) is 2.14. The SMILES string of the molecule is O=C(c1cc(F)ccc1F)N1CCCO1. The lowest BCUT2D eigenvalue weighted by Gasteiger charge is -2.13. The first-order chi connectivity index (χ1) is 7.18. The van der Waals surface area contributed by atoms with Crippen LogP contribution in [0.1, 0.15) is 16.8 Å². The predicted octanol–water partition coefficient (Wildman–Crippen LogP) is 1.74. The lowest BCUT2D eigenvalue weighted by molar-refractivity contribution is -0.0771. The number of hydroxylamine groups is 2. The summed E-state index contributed by atoms with van der Waals surface area (Å²) >= 11 is 0. The Morgan fingerprint density at radius 3 is 2.87 bits per heavy atom. The number of carbonyl (C=O) groups excluding carboxylic acids is 1. The van der Waals surface area contributed by atoms with Crippen molar-refractivity contribution in [2.45, 2.75) is 6.42 Å². The van der Waals surface area contributed by atoms with Crippen LogP contribution >= 0.6 is 0 Å². The topological polar surface area (TPSA) is 29.5 Å². The van der Waals surface area contributed by atoms with Gasteiger partial charge in [-0.05, 0) is 24.6 Å². The van der Waals surface area contributed by atoms with Gasteiger partial charge < -0.3 is 0 Å². The fourth-order valence-electron chi connectivity index (χ4n) is 1.40. The van der Waals surface area contributed by atoms with Gasteiger partial charge in [0.25, 0.3) is 5.91 Å². The van der Waals surface area contributed by atoms with Crippen molar-refractivity contribution in [3.8, 4) is 0 Å². The van der Waals surface area contributed by atoms with Crippen molar-refractivity contribution in [1.29, 1.82) is 0 Å². The molecule has 0 saturated carbocycles. The summed E-state index contributed by atoms with van der Waals surface area (Å²) in [7, 11) is 0.